The average Bonchev–Trinajstić information content (AvgIpc) is 2.44. The van der Waals surface area contributed by atoms with Crippen molar-refractivity contribution in [1.29, 1.82) is 0 Å². The minimum Gasteiger partial charge on any atom is -0.504 e. The Labute approximate surface area is 125 Å². The molecule has 2 unspecified atom stereocenters. The van der Waals surface area contributed by atoms with Gasteiger partial charge in [0.2, 0.25) is 0 Å². The molecule has 0 aliphatic carbocycles. The van der Waals surface area contributed by atoms with Gasteiger partial charge in [-0.25, -0.2) is 0 Å². The number of benzene rings is 1. The number of likely N-dealkylation sites (tertiary alicyclic amines) is 1. The number of piperidine rings is 1. The third-order valence-corrected chi connectivity index (χ3v) is 4.30. The van der Waals surface area contributed by atoms with Gasteiger partial charge in [0.25, 0.3) is 0 Å². The van der Waals surface area contributed by atoms with Crippen LogP contribution in [0.1, 0.15) is 25.3 Å². The van der Waals surface area contributed by atoms with Crippen LogP contribution in [0.3, 0.4) is 0 Å². The number of nitrogens with two attached hydrogens (primary N) is 1. The number of methoxy groups -OCH3 is 1. The lowest BCUT2D eigenvalue weighted by Gasteiger charge is -2.38. The monoisotopic (exact) mass is 298 g/mol. The first kappa shape index (κ1) is 15.4. The van der Waals surface area contributed by atoms with E-state index in [0.29, 0.717) is 35.8 Å². The molecule has 1 aliphatic rings. The van der Waals surface area contributed by atoms with Gasteiger partial charge in [-0.2, -0.15) is 0 Å². The summed E-state index contributed by atoms with van der Waals surface area (Å²) < 4.78 is 5.15. The topological polar surface area (TPSA) is 58.7 Å². The number of hydrogen-bond donors (Lipinski definition) is 2. The maximum absolute atomic E-state index is 10.2. The van der Waals surface area contributed by atoms with Crippen LogP contribution < -0.4 is 10.5 Å². The van der Waals surface area contributed by atoms with E-state index in [4.69, 9.17) is 22.1 Å². The van der Waals surface area contributed by atoms with E-state index in [-0.39, 0.29) is 5.75 Å². The van der Waals surface area contributed by atoms with Crippen LogP contribution >= 0.6 is 11.6 Å². The summed E-state index contributed by atoms with van der Waals surface area (Å²) in [5, 5.41) is 10.8. The van der Waals surface area contributed by atoms with Crippen LogP contribution in [0, 0.1) is 5.92 Å². The Kier molecular flexibility index (Phi) is 5.13. The maximum atomic E-state index is 10.2. The van der Waals surface area contributed by atoms with E-state index in [9.17, 15) is 5.11 Å². The number of rotatable bonds is 4. The number of hydrogen-bond acceptors (Lipinski definition) is 4. The summed E-state index contributed by atoms with van der Waals surface area (Å²) in [6, 6.07) is 3.78. The van der Waals surface area contributed by atoms with Crippen molar-refractivity contribution in [1.82, 2.24) is 4.90 Å². The normalized spacial score (nSPS) is 23.8. The van der Waals surface area contributed by atoms with Gasteiger partial charge in [0.05, 0.1) is 7.11 Å². The number of phenolic OH excluding ortho intramolecular Hbond substituents is 1. The summed E-state index contributed by atoms with van der Waals surface area (Å²) >= 11 is 6.08. The molecule has 0 bridgehead atoms. The van der Waals surface area contributed by atoms with Gasteiger partial charge in [-0.05, 0) is 31.4 Å². The molecule has 2 atom stereocenters. The van der Waals surface area contributed by atoms with Crippen molar-refractivity contribution < 1.29 is 9.84 Å². The highest BCUT2D eigenvalue weighted by Gasteiger charge is 2.26. The highest BCUT2D eigenvalue weighted by atomic mass is 35.5. The molecule has 1 fully saturated rings. The molecule has 2 rings (SSSR count). The Morgan fingerprint density at radius 1 is 1.50 bits per heavy atom. The lowest BCUT2D eigenvalue weighted by atomic mass is 9.92. The highest BCUT2D eigenvalue weighted by Crippen LogP contribution is 2.35. The van der Waals surface area contributed by atoms with E-state index in [1.165, 1.54) is 7.11 Å². The lowest BCUT2D eigenvalue weighted by molar-refractivity contribution is 0.114. The van der Waals surface area contributed by atoms with Crippen molar-refractivity contribution in [3.8, 4) is 11.5 Å². The first-order valence-corrected chi connectivity index (χ1v) is 7.42. The molecule has 20 heavy (non-hydrogen) atoms. The Morgan fingerprint density at radius 3 is 2.90 bits per heavy atom. The van der Waals surface area contributed by atoms with Crippen molar-refractivity contribution in [3.05, 3.63) is 22.7 Å². The minimum atomic E-state index is 0.172. The van der Waals surface area contributed by atoms with Gasteiger partial charge in [0.1, 0.15) is 0 Å². The van der Waals surface area contributed by atoms with Crippen LogP contribution in [0.15, 0.2) is 12.1 Å². The molecule has 5 heteroatoms. The first-order chi connectivity index (χ1) is 9.55. The zero-order chi connectivity index (χ0) is 14.7. The summed E-state index contributed by atoms with van der Waals surface area (Å²) in [5.74, 6) is 1.30. The SMILES string of the molecule is COc1cc(Cl)cc(CN2CCC(C)CC2CN)c1O. The van der Waals surface area contributed by atoms with Crippen LogP contribution in [0.4, 0.5) is 0 Å². The molecule has 0 spiro atoms. The summed E-state index contributed by atoms with van der Waals surface area (Å²) in [5.41, 5.74) is 6.67. The summed E-state index contributed by atoms with van der Waals surface area (Å²) in [6.45, 7) is 4.55. The zero-order valence-corrected chi connectivity index (χ0v) is 12.9. The Balaban J connectivity index is 2.18. The van der Waals surface area contributed by atoms with E-state index >= 15 is 0 Å². The fourth-order valence-electron chi connectivity index (χ4n) is 2.88. The lowest BCUT2D eigenvalue weighted by Crippen LogP contribution is -2.45. The Hall–Kier alpha value is -0.970. The molecule has 0 saturated carbocycles. The third kappa shape index (κ3) is 3.37. The van der Waals surface area contributed by atoms with Gasteiger partial charge in [-0.1, -0.05) is 18.5 Å². The van der Waals surface area contributed by atoms with Crippen LogP contribution in [-0.4, -0.2) is 36.2 Å². The molecule has 0 amide bonds. The third-order valence-electron chi connectivity index (χ3n) is 4.08. The predicted octanol–water partition coefficient (Wildman–Crippen LogP) is 2.61. The Bertz CT molecular complexity index is 467. The first-order valence-electron chi connectivity index (χ1n) is 7.04. The van der Waals surface area contributed by atoms with Crippen molar-refractivity contribution in [2.24, 2.45) is 11.7 Å². The molecule has 1 heterocycles. The summed E-state index contributed by atoms with van der Waals surface area (Å²) in [7, 11) is 1.53. The van der Waals surface area contributed by atoms with E-state index in [2.05, 4.69) is 11.8 Å². The highest BCUT2D eigenvalue weighted by molar-refractivity contribution is 6.30. The molecule has 1 aromatic carbocycles. The average molecular weight is 299 g/mol. The van der Waals surface area contributed by atoms with Gasteiger partial charge in [-0.15, -0.1) is 0 Å². The van der Waals surface area contributed by atoms with Gasteiger partial charge in [-0.3, -0.25) is 4.90 Å². The van der Waals surface area contributed by atoms with Crippen LogP contribution in [0.25, 0.3) is 0 Å². The van der Waals surface area contributed by atoms with Crippen LogP contribution in [-0.2, 0) is 6.54 Å². The second-order valence-corrected chi connectivity index (χ2v) is 6.04. The molecule has 112 valence electrons. The second-order valence-electron chi connectivity index (χ2n) is 5.61. The van der Waals surface area contributed by atoms with Crippen molar-refractivity contribution >= 4 is 11.6 Å². The van der Waals surface area contributed by atoms with Crippen molar-refractivity contribution in [2.45, 2.75) is 32.4 Å². The van der Waals surface area contributed by atoms with Gasteiger partial charge >= 0.3 is 0 Å². The summed E-state index contributed by atoms with van der Waals surface area (Å²) in [6.07, 6.45) is 2.27. The molecule has 3 N–H and O–H groups in total. The number of ether oxygens (including phenoxy) is 1. The van der Waals surface area contributed by atoms with E-state index in [1.807, 2.05) is 0 Å². The molecule has 0 aromatic heterocycles. The second kappa shape index (κ2) is 6.66. The molecule has 4 nitrogen and oxygen atoms in total. The zero-order valence-electron chi connectivity index (χ0n) is 12.1. The molecule has 1 aliphatic heterocycles. The molecule has 1 saturated heterocycles. The largest absolute Gasteiger partial charge is 0.504 e. The van der Waals surface area contributed by atoms with E-state index in [1.54, 1.807) is 12.1 Å². The fourth-order valence-corrected chi connectivity index (χ4v) is 3.11. The maximum Gasteiger partial charge on any atom is 0.162 e. The molecule has 0 radical (unpaired) electrons. The minimum absolute atomic E-state index is 0.172. The van der Waals surface area contributed by atoms with Gasteiger partial charge in [0, 0.05) is 35.8 Å². The van der Waals surface area contributed by atoms with Crippen molar-refractivity contribution in [3.63, 3.8) is 0 Å². The van der Waals surface area contributed by atoms with Crippen LogP contribution in [0.5, 0.6) is 11.5 Å². The Morgan fingerprint density at radius 2 is 2.25 bits per heavy atom. The molecular weight excluding hydrogens is 276 g/mol. The number of phenols is 1. The van der Waals surface area contributed by atoms with Crippen molar-refractivity contribution in [2.75, 3.05) is 20.2 Å². The van der Waals surface area contributed by atoms with E-state index in [0.717, 1.165) is 24.9 Å². The molecule has 1 aromatic rings. The van der Waals surface area contributed by atoms with E-state index < -0.39 is 0 Å². The van der Waals surface area contributed by atoms with Gasteiger partial charge < -0.3 is 15.6 Å². The molecular formula is C15H23ClN2O2. The number of nitrogens with zero attached hydrogens (tertiary/aromatic N) is 1. The smallest absolute Gasteiger partial charge is 0.162 e. The standard InChI is InChI=1S/C15H23ClN2O2/c1-10-3-4-18(13(5-10)8-17)9-11-6-12(16)7-14(20-2)15(11)19/h6-7,10,13,19H,3-5,8-9,17H2,1-2H3. The summed E-state index contributed by atoms with van der Waals surface area (Å²) in [4.78, 5) is 2.32. The quantitative estimate of drug-likeness (QED) is 0.897. The number of halogens is 1. The van der Waals surface area contributed by atoms with Crippen LogP contribution in [0.2, 0.25) is 5.02 Å². The van der Waals surface area contributed by atoms with Gasteiger partial charge in [0.15, 0.2) is 11.5 Å². The fraction of sp³-hybridized carbons (Fsp3) is 0.600. The number of aromatic hydroxyl groups is 1. The predicted molar refractivity (Wildman–Crippen MR) is 81.3 cm³/mol.